The second kappa shape index (κ2) is 9.34. The summed E-state index contributed by atoms with van der Waals surface area (Å²) >= 11 is 0. The number of benzene rings is 2. The molecule has 9 nitrogen and oxygen atoms in total. The standard InChI is InChI=1S/C26H25F3N4O5/c1-30-23(36)31-18-7-8-19-16(12-18)10-11-25(19)22(35)33(24(37)38-25)14-21(34)32-13-17-5-3-2-4-15(17)6-9-20(32)26(27,28)29/h2-5,7-8,12,20H,6,9-11,13-14H2,1H3,(H2,30,31,36)/t20-,25+/m1/s1. The lowest BCUT2D eigenvalue weighted by Crippen LogP contribution is -2.52. The highest BCUT2D eigenvalue weighted by Gasteiger charge is 2.59. The molecule has 3 aliphatic rings. The monoisotopic (exact) mass is 530 g/mol. The molecule has 0 bridgehead atoms. The number of fused-ring (bicyclic) bond motifs is 3. The number of alkyl halides is 3. The van der Waals surface area contributed by atoms with Gasteiger partial charge in [0.2, 0.25) is 11.5 Å². The van der Waals surface area contributed by atoms with E-state index in [0.29, 0.717) is 38.6 Å². The number of amides is 5. The Bertz CT molecular complexity index is 1330. The lowest BCUT2D eigenvalue weighted by atomic mass is 9.94. The summed E-state index contributed by atoms with van der Waals surface area (Å²) in [6.45, 7) is -1.15. The SMILES string of the molecule is CNC(=O)Nc1ccc2c(c1)CC[C@]21OC(=O)N(CC(=O)N2Cc3ccccc3CC[C@@H]2C(F)(F)F)C1=O. The Morgan fingerprint density at radius 2 is 1.82 bits per heavy atom. The zero-order valence-corrected chi connectivity index (χ0v) is 20.4. The number of anilines is 1. The van der Waals surface area contributed by atoms with Crippen LogP contribution in [0, 0.1) is 0 Å². The van der Waals surface area contributed by atoms with Crippen molar-refractivity contribution < 1.29 is 37.1 Å². The van der Waals surface area contributed by atoms with E-state index >= 15 is 0 Å². The fourth-order valence-electron chi connectivity index (χ4n) is 5.45. The van der Waals surface area contributed by atoms with E-state index in [4.69, 9.17) is 4.74 Å². The quantitative estimate of drug-likeness (QED) is 0.632. The highest BCUT2D eigenvalue weighted by molar-refractivity contribution is 6.06. The van der Waals surface area contributed by atoms with Crippen LogP contribution in [0.1, 0.15) is 35.1 Å². The molecule has 0 aromatic heterocycles. The smallest absolute Gasteiger partial charge is 0.418 e. The van der Waals surface area contributed by atoms with Gasteiger partial charge < -0.3 is 20.3 Å². The summed E-state index contributed by atoms with van der Waals surface area (Å²) in [7, 11) is 1.46. The number of nitrogens with zero attached hydrogens (tertiary/aromatic N) is 2. The van der Waals surface area contributed by atoms with Crippen molar-refractivity contribution >= 4 is 29.6 Å². The number of aryl methyl sites for hydroxylation is 2. The van der Waals surface area contributed by atoms with E-state index < -0.39 is 48.3 Å². The number of hydrogen-bond donors (Lipinski definition) is 2. The molecule has 5 rings (SSSR count). The van der Waals surface area contributed by atoms with Crippen molar-refractivity contribution in [3.8, 4) is 0 Å². The van der Waals surface area contributed by atoms with E-state index in [-0.39, 0.29) is 25.8 Å². The molecule has 2 atom stereocenters. The first-order chi connectivity index (χ1) is 18.0. The molecule has 2 aromatic rings. The minimum atomic E-state index is -4.68. The van der Waals surface area contributed by atoms with E-state index in [1.165, 1.54) is 7.05 Å². The van der Waals surface area contributed by atoms with Crippen LogP contribution >= 0.6 is 0 Å². The Hall–Kier alpha value is -4.09. The molecule has 2 N–H and O–H groups in total. The van der Waals surface area contributed by atoms with E-state index in [9.17, 15) is 32.3 Å². The third kappa shape index (κ3) is 4.33. The molecule has 1 aliphatic carbocycles. The van der Waals surface area contributed by atoms with Crippen LogP contribution in [0.2, 0.25) is 0 Å². The lowest BCUT2D eigenvalue weighted by molar-refractivity contribution is -0.192. The number of imide groups is 1. The van der Waals surface area contributed by atoms with Gasteiger partial charge in [-0.1, -0.05) is 30.3 Å². The van der Waals surface area contributed by atoms with Crippen molar-refractivity contribution in [2.75, 3.05) is 18.9 Å². The van der Waals surface area contributed by atoms with Crippen molar-refractivity contribution in [1.82, 2.24) is 15.1 Å². The van der Waals surface area contributed by atoms with Crippen LogP contribution in [-0.2, 0) is 39.3 Å². The topological polar surface area (TPSA) is 108 Å². The average molecular weight is 531 g/mol. The molecule has 0 unspecified atom stereocenters. The molecule has 2 aromatic carbocycles. The molecule has 2 heterocycles. The minimum Gasteiger partial charge on any atom is -0.427 e. The second-order valence-corrected chi connectivity index (χ2v) is 9.55. The Morgan fingerprint density at radius 1 is 1.08 bits per heavy atom. The highest BCUT2D eigenvalue weighted by atomic mass is 19.4. The normalized spacial score (nSPS) is 22.6. The number of carbonyl (C=O) groups excluding carboxylic acids is 4. The molecule has 0 radical (unpaired) electrons. The number of hydrogen-bond acceptors (Lipinski definition) is 5. The van der Waals surface area contributed by atoms with Crippen LogP contribution in [0.4, 0.5) is 28.4 Å². The lowest BCUT2D eigenvalue weighted by Gasteiger charge is -2.32. The average Bonchev–Trinajstić information content (AvgIpc) is 3.24. The van der Waals surface area contributed by atoms with Gasteiger partial charge in [-0.05, 0) is 48.1 Å². The molecule has 1 spiro atoms. The third-order valence-electron chi connectivity index (χ3n) is 7.36. The fourth-order valence-corrected chi connectivity index (χ4v) is 5.45. The molecule has 5 amide bonds. The van der Waals surface area contributed by atoms with Gasteiger partial charge >= 0.3 is 18.3 Å². The zero-order valence-electron chi connectivity index (χ0n) is 20.4. The summed E-state index contributed by atoms with van der Waals surface area (Å²) in [6.07, 6.45) is -5.47. The molecule has 12 heteroatoms. The molecule has 0 saturated carbocycles. The van der Waals surface area contributed by atoms with Gasteiger partial charge in [0.1, 0.15) is 12.6 Å². The van der Waals surface area contributed by atoms with Gasteiger partial charge in [-0.2, -0.15) is 13.2 Å². The first-order valence-electron chi connectivity index (χ1n) is 12.1. The largest absolute Gasteiger partial charge is 0.427 e. The maximum Gasteiger partial charge on any atom is 0.418 e. The van der Waals surface area contributed by atoms with E-state index in [2.05, 4.69) is 10.6 Å². The Labute approximate surface area is 215 Å². The zero-order chi connectivity index (χ0) is 27.2. The molecule has 200 valence electrons. The van der Waals surface area contributed by atoms with Gasteiger partial charge in [-0.15, -0.1) is 0 Å². The van der Waals surface area contributed by atoms with Gasteiger partial charge in [-0.25, -0.2) is 14.5 Å². The third-order valence-corrected chi connectivity index (χ3v) is 7.36. The maximum atomic E-state index is 14.0. The number of nitrogens with one attached hydrogen (secondary N) is 2. The Balaban J connectivity index is 1.39. The van der Waals surface area contributed by atoms with Crippen molar-refractivity contribution in [3.63, 3.8) is 0 Å². The predicted octanol–water partition coefficient (Wildman–Crippen LogP) is 3.46. The number of carbonyl (C=O) groups is 4. The number of rotatable bonds is 3. The van der Waals surface area contributed by atoms with Crippen LogP contribution < -0.4 is 10.6 Å². The maximum absolute atomic E-state index is 14.0. The molecule has 38 heavy (non-hydrogen) atoms. The van der Waals surface area contributed by atoms with Gasteiger partial charge in [0, 0.05) is 31.3 Å². The Morgan fingerprint density at radius 3 is 2.53 bits per heavy atom. The van der Waals surface area contributed by atoms with Crippen molar-refractivity contribution in [2.24, 2.45) is 0 Å². The Kier molecular flexibility index (Phi) is 6.28. The second-order valence-electron chi connectivity index (χ2n) is 9.55. The van der Waals surface area contributed by atoms with Crippen LogP contribution in [0.3, 0.4) is 0 Å². The summed E-state index contributed by atoms with van der Waals surface area (Å²) < 4.78 is 47.4. The minimum absolute atomic E-state index is 0.114. The van der Waals surface area contributed by atoms with Crippen LogP contribution in [-0.4, -0.2) is 59.5 Å². The van der Waals surface area contributed by atoms with Gasteiger partial charge in [0.25, 0.3) is 5.91 Å². The van der Waals surface area contributed by atoms with Gasteiger partial charge in [0.15, 0.2) is 0 Å². The van der Waals surface area contributed by atoms with E-state index in [1.807, 2.05) is 0 Å². The summed E-state index contributed by atoms with van der Waals surface area (Å²) in [5, 5.41) is 5.05. The summed E-state index contributed by atoms with van der Waals surface area (Å²) in [6, 6.07) is 9.12. The van der Waals surface area contributed by atoms with E-state index in [0.717, 1.165) is 5.56 Å². The van der Waals surface area contributed by atoms with Crippen LogP contribution in [0.5, 0.6) is 0 Å². The fraction of sp³-hybridized carbons (Fsp3) is 0.385. The molecular formula is C26H25F3N4O5. The van der Waals surface area contributed by atoms with E-state index in [1.54, 1.807) is 42.5 Å². The molecule has 1 saturated heterocycles. The van der Waals surface area contributed by atoms with Crippen molar-refractivity contribution in [3.05, 3.63) is 64.7 Å². The predicted molar refractivity (Wildman–Crippen MR) is 128 cm³/mol. The molecule has 2 aliphatic heterocycles. The van der Waals surface area contributed by atoms with Gasteiger partial charge in [0.05, 0.1) is 0 Å². The van der Waals surface area contributed by atoms with Crippen LogP contribution in [0.15, 0.2) is 42.5 Å². The van der Waals surface area contributed by atoms with Gasteiger partial charge in [-0.3, -0.25) is 9.59 Å². The summed E-state index contributed by atoms with van der Waals surface area (Å²) in [5.74, 6) is -1.78. The van der Waals surface area contributed by atoms with Crippen molar-refractivity contribution in [1.29, 1.82) is 0 Å². The summed E-state index contributed by atoms with van der Waals surface area (Å²) in [4.78, 5) is 52.5. The number of ether oxygens (including phenoxy) is 1. The highest BCUT2D eigenvalue weighted by Crippen LogP contribution is 2.46. The number of urea groups is 1. The first kappa shape index (κ1) is 25.6. The van der Waals surface area contributed by atoms with Crippen LogP contribution in [0.25, 0.3) is 0 Å². The number of halogens is 3. The molecule has 1 fully saturated rings. The summed E-state index contributed by atoms with van der Waals surface area (Å²) in [5.41, 5.74) is 1.22. The molecular weight excluding hydrogens is 505 g/mol. The first-order valence-corrected chi connectivity index (χ1v) is 12.1. The van der Waals surface area contributed by atoms with Crippen molar-refractivity contribution in [2.45, 2.75) is 50.0 Å².